The first kappa shape index (κ1) is 18.6. The van der Waals surface area contributed by atoms with Gasteiger partial charge >= 0.3 is 12.1 Å². The fourth-order valence-corrected chi connectivity index (χ4v) is 1.98. The molecular weight excluding hydrogens is 354 g/mol. The third-order valence-electron chi connectivity index (χ3n) is 3.32. The molecule has 2 rings (SSSR count). The van der Waals surface area contributed by atoms with Crippen molar-refractivity contribution in [1.82, 2.24) is 0 Å². The van der Waals surface area contributed by atoms with E-state index in [0.717, 1.165) is 12.1 Å². The van der Waals surface area contributed by atoms with Gasteiger partial charge in [-0.3, -0.25) is 0 Å². The zero-order valence-electron chi connectivity index (χ0n) is 12.2. The van der Waals surface area contributed by atoms with Crippen molar-refractivity contribution in [3.8, 4) is 11.5 Å². The molecule has 1 unspecified atom stereocenters. The first-order valence-corrected chi connectivity index (χ1v) is 6.71. The summed E-state index contributed by atoms with van der Waals surface area (Å²) in [6.07, 6.45) is -10.1. The van der Waals surface area contributed by atoms with E-state index in [4.69, 9.17) is 9.84 Å². The van der Waals surface area contributed by atoms with Gasteiger partial charge in [0.2, 0.25) is 0 Å². The lowest BCUT2D eigenvalue weighted by Crippen LogP contribution is -2.44. The standard InChI is InChI=1S/C16H10F6O3/c17-14(18)15(19,16(20,21)22)10-3-7-12(8-4-10)25-11-5-1-9(2-6-11)13(23)24/h1-8,14H,(H,23,24). The Morgan fingerprint density at radius 1 is 0.880 bits per heavy atom. The zero-order chi connectivity index (χ0) is 18.8. The van der Waals surface area contributed by atoms with Gasteiger partial charge in [0.05, 0.1) is 5.56 Å². The first-order valence-electron chi connectivity index (χ1n) is 6.71. The summed E-state index contributed by atoms with van der Waals surface area (Å²) in [5, 5.41) is 8.75. The minimum Gasteiger partial charge on any atom is -0.478 e. The number of ether oxygens (including phenoxy) is 1. The van der Waals surface area contributed by atoms with Crippen LogP contribution < -0.4 is 4.74 Å². The van der Waals surface area contributed by atoms with E-state index in [1.807, 2.05) is 0 Å². The van der Waals surface area contributed by atoms with Gasteiger partial charge in [0.1, 0.15) is 11.5 Å². The molecule has 9 heteroatoms. The smallest absolute Gasteiger partial charge is 0.432 e. The Labute approximate surface area is 137 Å². The number of hydrogen-bond donors (Lipinski definition) is 1. The monoisotopic (exact) mass is 364 g/mol. The lowest BCUT2D eigenvalue weighted by molar-refractivity contribution is -0.274. The summed E-state index contributed by atoms with van der Waals surface area (Å²) in [7, 11) is 0. The first-order chi connectivity index (χ1) is 11.6. The number of benzene rings is 2. The number of alkyl halides is 6. The molecule has 134 valence electrons. The molecule has 2 aromatic rings. The third kappa shape index (κ3) is 3.70. The van der Waals surface area contributed by atoms with E-state index >= 15 is 0 Å². The van der Waals surface area contributed by atoms with Crippen molar-refractivity contribution in [1.29, 1.82) is 0 Å². The van der Waals surface area contributed by atoms with Crippen LogP contribution in [0.4, 0.5) is 26.3 Å². The summed E-state index contributed by atoms with van der Waals surface area (Å²) in [5.41, 5.74) is -6.04. The fourth-order valence-electron chi connectivity index (χ4n) is 1.98. The molecule has 0 aromatic heterocycles. The van der Waals surface area contributed by atoms with E-state index in [-0.39, 0.29) is 17.1 Å². The van der Waals surface area contributed by atoms with Crippen LogP contribution >= 0.6 is 0 Å². The van der Waals surface area contributed by atoms with Gasteiger partial charge in [0.15, 0.2) is 0 Å². The summed E-state index contributed by atoms with van der Waals surface area (Å²) in [6, 6.07) is 7.99. The molecular formula is C16H10F6O3. The average Bonchev–Trinajstić information content (AvgIpc) is 2.54. The normalized spacial score (nSPS) is 14.2. The highest BCUT2D eigenvalue weighted by Crippen LogP contribution is 2.47. The summed E-state index contributed by atoms with van der Waals surface area (Å²) in [6.45, 7) is 0. The van der Waals surface area contributed by atoms with Crippen molar-refractivity contribution >= 4 is 5.97 Å². The molecule has 2 aromatic carbocycles. The maximum Gasteiger partial charge on any atom is 0.432 e. The molecule has 0 aliphatic heterocycles. The van der Waals surface area contributed by atoms with Crippen molar-refractivity contribution in [3.05, 3.63) is 59.7 Å². The van der Waals surface area contributed by atoms with Crippen LogP contribution in [-0.2, 0) is 5.67 Å². The Balaban J connectivity index is 2.23. The molecule has 0 aliphatic carbocycles. The van der Waals surface area contributed by atoms with E-state index in [9.17, 15) is 31.1 Å². The molecule has 25 heavy (non-hydrogen) atoms. The number of carboxylic acid groups (broad SMARTS) is 1. The fraction of sp³-hybridized carbons (Fsp3) is 0.188. The van der Waals surface area contributed by atoms with Crippen molar-refractivity contribution < 1.29 is 41.0 Å². The molecule has 0 spiro atoms. The summed E-state index contributed by atoms with van der Waals surface area (Å²) in [4.78, 5) is 10.7. The highest BCUT2D eigenvalue weighted by Gasteiger charge is 2.63. The van der Waals surface area contributed by atoms with Gasteiger partial charge in [-0.2, -0.15) is 13.2 Å². The van der Waals surface area contributed by atoms with Crippen LogP contribution in [0.15, 0.2) is 48.5 Å². The van der Waals surface area contributed by atoms with Crippen molar-refractivity contribution in [2.75, 3.05) is 0 Å². The lowest BCUT2D eigenvalue weighted by Gasteiger charge is -2.27. The molecule has 0 aliphatic rings. The number of halogens is 6. The van der Waals surface area contributed by atoms with Crippen LogP contribution in [0.3, 0.4) is 0 Å². The van der Waals surface area contributed by atoms with Crippen molar-refractivity contribution in [2.24, 2.45) is 0 Å². The van der Waals surface area contributed by atoms with E-state index in [2.05, 4.69) is 0 Å². The van der Waals surface area contributed by atoms with Gasteiger partial charge in [-0.15, -0.1) is 0 Å². The minimum absolute atomic E-state index is 0.00739. The zero-order valence-corrected chi connectivity index (χ0v) is 12.2. The van der Waals surface area contributed by atoms with Gasteiger partial charge in [-0.25, -0.2) is 18.0 Å². The molecule has 0 saturated heterocycles. The average molecular weight is 364 g/mol. The van der Waals surface area contributed by atoms with Gasteiger partial charge in [-0.05, 0) is 36.4 Å². The molecule has 1 N–H and O–H groups in total. The van der Waals surface area contributed by atoms with E-state index < -0.39 is 29.8 Å². The minimum atomic E-state index is -5.78. The largest absolute Gasteiger partial charge is 0.478 e. The molecule has 0 saturated carbocycles. The van der Waals surface area contributed by atoms with Crippen molar-refractivity contribution in [3.63, 3.8) is 0 Å². The van der Waals surface area contributed by atoms with E-state index in [0.29, 0.717) is 12.1 Å². The second kappa shape index (κ2) is 6.66. The predicted molar refractivity (Wildman–Crippen MR) is 74.8 cm³/mol. The van der Waals surface area contributed by atoms with Crippen molar-refractivity contribution in [2.45, 2.75) is 18.3 Å². The van der Waals surface area contributed by atoms with Crippen LogP contribution in [-0.4, -0.2) is 23.7 Å². The van der Waals surface area contributed by atoms with Crippen LogP contribution in [0.25, 0.3) is 0 Å². The van der Waals surface area contributed by atoms with E-state index in [1.165, 1.54) is 24.3 Å². The number of aromatic carboxylic acids is 1. The Kier molecular flexibility index (Phi) is 4.96. The molecule has 0 amide bonds. The van der Waals surface area contributed by atoms with Crippen LogP contribution in [0.1, 0.15) is 15.9 Å². The quantitative estimate of drug-likeness (QED) is 0.745. The maximum atomic E-state index is 13.9. The molecule has 3 nitrogen and oxygen atoms in total. The lowest BCUT2D eigenvalue weighted by atomic mass is 9.95. The Morgan fingerprint density at radius 3 is 1.68 bits per heavy atom. The number of hydrogen-bond acceptors (Lipinski definition) is 2. The summed E-state index contributed by atoms with van der Waals surface area (Å²) in [5.74, 6) is -1.03. The van der Waals surface area contributed by atoms with Gasteiger partial charge in [-0.1, -0.05) is 12.1 Å². The van der Waals surface area contributed by atoms with E-state index in [1.54, 1.807) is 0 Å². The summed E-state index contributed by atoms with van der Waals surface area (Å²) < 4.78 is 82.4. The topological polar surface area (TPSA) is 46.5 Å². The Morgan fingerprint density at radius 2 is 1.32 bits per heavy atom. The third-order valence-corrected chi connectivity index (χ3v) is 3.32. The maximum absolute atomic E-state index is 13.9. The molecule has 0 fully saturated rings. The Bertz CT molecular complexity index is 740. The number of carbonyl (C=O) groups is 1. The van der Waals surface area contributed by atoms with Gasteiger partial charge in [0.25, 0.3) is 12.1 Å². The van der Waals surface area contributed by atoms with Gasteiger partial charge < -0.3 is 9.84 Å². The molecule has 1 atom stereocenters. The number of carboxylic acids is 1. The molecule has 0 heterocycles. The summed E-state index contributed by atoms with van der Waals surface area (Å²) >= 11 is 0. The van der Waals surface area contributed by atoms with Crippen LogP contribution in [0.5, 0.6) is 11.5 Å². The van der Waals surface area contributed by atoms with Crippen LogP contribution in [0.2, 0.25) is 0 Å². The molecule has 0 radical (unpaired) electrons. The highest BCUT2D eigenvalue weighted by atomic mass is 19.4. The molecule has 0 bridgehead atoms. The van der Waals surface area contributed by atoms with Gasteiger partial charge in [0, 0.05) is 5.56 Å². The van der Waals surface area contributed by atoms with Crippen LogP contribution in [0, 0.1) is 0 Å². The Hall–Kier alpha value is -2.71. The number of rotatable bonds is 5. The predicted octanol–water partition coefficient (Wildman–Crippen LogP) is 5.17. The highest BCUT2D eigenvalue weighted by molar-refractivity contribution is 5.87. The second-order valence-corrected chi connectivity index (χ2v) is 4.97. The second-order valence-electron chi connectivity index (χ2n) is 4.97. The SMILES string of the molecule is O=C(O)c1ccc(Oc2ccc(C(F)(C(F)F)C(F)(F)F)cc2)cc1.